The van der Waals surface area contributed by atoms with Gasteiger partial charge in [0.05, 0.1) is 0 Å². The van der Waals surface area contributed by atoms with E-state index in [0.717, 1.165) is 37.3 Å². The highest BCUT2D eigenvalue weighted by Gasteiger charge is 2.23. The summed E-state index contributed by atoms with van der Waals surface area (Å²) in [6.07, 6.45) is 2.62. The average molecular weight is 371 g/mol. The van der Waals surface area contributed by atoms with Crippen LogP contribution in [0.1, 0.15) is 47.4 Å². The van der Waals surface area contributed by atoms with Gasteiger partial charge in [-0.05, 0) is 66.0 Å². The van der Waals surface area contributed by atoms with Crippen LogP contribution in [0.3, 0.4) is 0 Å². The molecule has 0 aliphatic rings. The summed E-state index contributed by atoms with van der Waals surface area (Å²) in [7, 11) is 0. The Bertz CT molecular complexity index is 927. The first-order valence-corrected chi connectivity index (χ1v) is 9.78. The summed E-state index contributed by atoms with van der Waals surface area (Å²) in [4.78, 5) is 1.30. The molecule has 26 heavy (non-hydrogen) atoms. The van der Waals surface area contributed by atoms with Crippen molar-refractivity contribution in [3.63, 3.8) is 0 Å². The Hall–Kier alpha value is -2.00. The van der Waals surface area contributed by atoms with Crippen LogP contribution in [0.4, 0.5) is 8.78 Å². The second-order valence-electron chi connectivity index (χ2n) is 6.90. The SMILES string of the molecule is C=C(CC)c1ccc2sc(C)cc2c1CCc1ccc(C(C)(F)F)cc1. The van der Waals surface area contributed by atoms with Gasteiger partial charge in [0, 0.05) is 22.1 Å². The molecule has 0 amide bonds. The predicted molar refractivity (Wildman–Crippen MR) is 109 cm³/mol. The largest absolute Gasteiger partial charge is 0.270 e. The molecule has 1 aromatic heterocycles. The fourth-order valence-corrected chi connectivity index (χ4v) is 4.27. The van der Waals surface area contributed by atoms with Gasteiger partial charge in [-0.1, -0.05) is 43.8 Å². The molecule has 3 heteroatoms. The summed E-state index contributed by atoms with van der Waals surface area (Å²) in [5.41, 5.74) is 4.84. The van der Waals surface area contributed by atoms with Crippen molar-refractivity contribution in [3.8, 4) is 0 Å². The molecule has 0 aliphatic carbocycles. The van der Waals surface area contributed by atoms with E-state index in [4.69, 9.17) is 0 Å². The summed E-state index contributed by atoms with van der Waals surface area (Å²) in [5, 5.41) is 1.30. The number of hydrogen-bond donors (Lipinski definition) is 0. The molecule has 1 heterocycles. The Balaban J connectivity index is 1.91. The number of hydrogen-bond acceptors (Lipinski definition) is 1. The van der Waals surface area contributed by atoms with E-state index < -0.39 is 5.92 Å². The maximum atomic E-state index is 13.4. The summed E-state index contributed by atoms with van der Waals surface area (Å²) in [6.45, 7) is 9.42. The Kier molecular flexibility index (Phi) is 5.29. The topological polar surface area (TPSA) is 0 Å². The lowest BCUT2D eigenvalue weighted by Crippen LogP contribution is -2.06. The Labute approximate surface area is 158 Å². The lowest BCUT2D eigenvalue weighted by molar-refractivity contribution is 0.0174. The maximum Gasteiger partial charge on any atom is 0.270 e. The molecule has 0 radical (unpaired) electrons. The van der Waals surface area contributed by atoms with Crippen molar-refractivity contribution >= 4 is 27.0 Å². The molecule has 0 saturated heterocycles. The zero-order chi connectivity index (χ0) is 18.9. The number of halogens is 2. The van der Waals surface area contributed by atoms with Crippen molar-refractivity contribution in [1.29, 1.82) is 0 Å². The second kappa shape index (κ2) is 7.32. The number of benzene rings is 2. The lowest BCUT2D eigenvalue weighted by atomic mass is 9.92. The van der Waals surface area contributed by atoms with E-state index in [1.54, 1.807) is 0 Å². The van der Waals surface area contributed by atoms with Gasteiger partial charge in [0.1, 0.15) is 0 Å². The van der Waals surface area contributed by atoms with E-state index in [-0.39, 0.29) is 5.56 Å². The van der Waals surface area contributed by atoms with Crippen LogP contribution < -0.4 is 0 Å². The number of alkyl halides is 2. The van der Waals surface area contributed by atoms with Crippen molar-refractivity contribution in [2.75, 3.05) is 0 Å². The van der Waals surface area contributed by atoms with Crippen molar-refractivity contribution < 1.29 is 8.78 Å². The van der Waals surface area contributed by atoms with Gasteiger partial charge in [-0.15, -0.1) is 11.3 Å². The fourth-order valence-electron chi connectivity index (χ4n) is 3.32. The molecule has 3 aromatic rings. The zero-order valence-corrected chi connectivity index (χ0v) is 16.4. The van der Waals surface area contributed by atoms with E-state index in [1.807, 2.05) is 23.5 Å². The molecule has 0 saturated carbocycles. The van der Waals surface area contributed by atoms with Crippen LogP contribution >= 0.6 is 11.3 Å². The van der Waals surface area contributed by atoms with Crippen molar-refractivity contribution in [1.82, 2.24) is 0 Å². The second-order valence-corrected chi connectivity index (χ2v) is 8.19. The first-order chi connectivity index (χ1) is 12.3. The summed E-state index contributed by atoms with van der Waals surface area (Å²) in [5.74, 6) is -2.79. The predicted octanol–water partition coefficient (Wildman–Crippen LogP) is 7.53. The quantitative estimate of drug-likeness (QED) is 0.421. The highest BCUT2D eigenvalue weighted by Crippen LogP contribution is 2.34. The Morgan fingerprint density at radius 3 is 2.38 bits per heavy atom. The van der Waals surface area contributed by atoms with Gasteiger partial charge in [-0.2, -0.15) is 0 Å². The standard InChI is InChI=1S/C23H24F2S/c1-5-15(2)19-12-13-22-21(14-16(3)26-22)20(19)11-8-17-6-9-18(10-7-17)23(4,24)25/h6-7,9-10,12-14H,2,5,8,11H2,1,3-4H3. The molecule has 0 aliphatic heterocycles. The van der Waals surface area contributed by atoms with Gasteiger partial charge in [0.15, 0.2) is 0 Å². The zero-order valence-electron chi connectivity index (χ0n) is 15.5. The average Bonchev–Trinajstić information content (AvgIpc) is 2.99. The van der Waals surface area contributed by atoms with E-state index >= 15 is 0 Å². The fraction of sp³-hybridized carbons (Fsp3) is 0.304. The molecule has 0 nitrogen and oxygen atoms in total. The third kappa shape index (κ3) is 3.88. The first-order valence-electron chi connectivity index (χ1n) is 8.97. The van der Waals surface area contributed by atoms with Crippen LogP contribution in [-0.2, 0) is 18.8 Å². The number of fused-ring (bicyclic) bond motifs is 1. The van der Waals surface area contributed by atoms with Crippen LogP contribution in [0.2, 0.25) is 0 Å². The van der Waals surface area contributed by atoms with Gasteiger partial charge in [0.25, 0.3) is 5.92 Å². The smallest absolute Gasteiger partial charge is 0.202 e. The lowest BCUT2D eigenvalue weighted by Gasteiger charge is -2.14. The summed E-state index contributed by atoms with van der Waals surface area (Å²) in [6, 6.07) is 13.3. The Morgan fingerprint density at radius 1 is 1.08 bits per heavy atom. The molecule has 0 unspecified atom stereocenters. The number of aryl methyl sites for hydroxylation is 3. The van der Waals surface area contributed by atoms with Crippen LogP contribution in [0.5, 0.6) is 0 Å². The highest BCUT2D eigenvalue weighted by molar-refractivity contribution is 7.19. The summed E-state index contributed by atoms with van der Waals surface area (Å²) < 4.78 is 28.1. The minimum atomic E-state index is -2.79. The minimum absolute atomic E-state index is 0.0665. The third-order valence-electron chi connectivity index (χ3n) is 4.87. The monoisotopic (exact) mass is 370 g/mol. The molecule has 0 bridgehead atoms. The Morgan fingerprint density at radius 2 is 1.77 bits per heavy atom. The number of rotatable bonds is 6. The molecule has 2 aromatic carbocycles. The molecule has 0 N–H and O–H groups in total. The van der Waals surface area contributed by atoms with E-state index in [2.05, 4.69) is 38.6 Å². The maximum absolute atomic E-state index is 13.4. The first kappa shape index (κ1) is 18.8. The molecule has 136 valence electrons. The van der Waals surface area contributed by atoms with Crippen molar-refractivity contribution in [3.05, 3.63) is 76.2 Å². The molecule has 3 rings (SSSR count). The number of allylic oxidation sites excluding steroid dienone is 1. The van der Waals surface area contributed by atoms with Crippen LogP contribution in [-0.4, -0.2) is 0 Å². The van der Waals surface area contributed by atoms with E-state index in [1.165, 1.54) is 38.2 Å². The molecular weight excluding hydrogens is 346 g/mol. The van der Waals surface area contributed by atoms with Gasteiger partial charge in [0.2, 0.25) is 0 Å². The molecular formula is C23H24F2S. The van der Waals surface area contributed by atoms with Crippen LogP contribution in [0.15, 0.2) is 49.0 Å². The normalized spacial score (nSPS) is 11.9. The van der Waals surface area contributed by atoms with Gasteiger partial charge in [-0.3, -0.25) is 0 Å². The highest BCUT2D eigenvalue weighted by atomic mass is 32.1. The van der Waals surface area contributed by atoms with Crippen LogP contribution in [0.25, 0.3) is 15.7 Å². The third-order valence-corrected chi connectivity index (χ3v) is 5.88. The van der Waals surface area contributed by atoms with Gasteiger partial charge in [-0.25, -0.2) is 8.78 Å². The van der Waals surface area contributed by atoms with Gasteiger partial charge < -0.3 is 0 Å². The number of thiophene rings is 1. The van der Waals surface area contributed by atoms with Crippen molar-refractivity contribution in [2.45, 2.75) is 46.0 Å². The van der Waals surface area contributed by atoms with Gasteiger partial charge >= 0.3 is 0 Å². The van der Waals surface area contributed by atoms with E-state index in [9.17, 15) is 8.78 Å². The molecule has 0 spiro atoms. The minimum Gasteiger partial charge on any atom is -0.202 e. The molecule has 0 fully saturated rings. The van der Waals surface area contributed by atoms with E-state index in [0.29, 0.717) is 0 Å². The van der Waals surface area contributed by atoms with Crippen LogP contribution in [0, 0.1) is 6.92 Å². The molecule has 0 atom stereocenters. The van der Waals surface area contributed by atoms with Crippen molar-refractivity contribution in [2.24, 2.45) is 0 Å². The summed E-state index contributed by atoms with van der Waals surface area (Å²) >= 11 is 1.81.